The second-order valence-corrected chi connectivity index (χ2v) is 6.05. The molecule has 1 aromatic carbocycles. The van der Waals surface area contributed by atoms with E-state index in [4.69, 9.17) is 9.73 Å². The van der Waals surface area contributed by atoms with Gasteiger partial charge in [0.2, 0.25) is 0 Å². The van der Waals surface area contributed by atoms with Crippen LogP contribution in [0.3, 0.4) is 0 Å². The van der Waals surface area contributed by atoms with E-state index in [1.54, 1.807) is 0 Å². The lowest BCUT2D eigenvalue weighted by atomic mass is 9.97. The number of halogens is 1. The second-order valence-electron chi connectivity index (χ2n) is 6.05. The van der Waals surface area contributed by atoms with Crippen molar-refractivity contribution in [3.05, 3.63) is 30.3 Å². The zero-order chi connectivity index (χ0) is 16.3. The number of hydrogen-bond acceptors (Lipinski definition) is 3. The standard InChI is InChI=1S/C18H30N4O.HI/c1-3-19-18(21-15-16-9-12-22(2)13-10-16)20-11-14-23-17-7-5-4-6-8-17;/h4-8,16H,3,9-15H2,1-2H3,(H2,19,20,21);1H. The summed E-state index contributed by atoms with van der Waals surface area (Å²) in [5, 5.41) is 6.65. The molecule has 5 nitrogen and oxygen atoms in total. The van der Waals surface area contributed by atoms with Gasteiger partial charge in [-0.25, -0.2) is 0 Å². The Morgan fingerprint density at radius 2 is 1.92 bits per heavy atom. The highest BCUT2D eigenvalue weighted by atomic mass is 127. The van der Waals surface area contributed by atoms with Crippen molar-refractivity contribution in [2.24, 2.45) is 10.9 Å². The van der Waals surface area contributed by atoms with Gasteiger partial charge in [0.25, 0.3) is 0 Å². The van der Waals surface area contributed by atoms with Gasteiger partial charge in [0, 0.05) is 13.1 Å². The summed E-state index contributed by atoms with van der Waals surface area (Å²) in [7, 11) is 2.19. The third kappa shape index (κ3) is 8.19. The quantitative estimate of drug-likeness (QED) is 0.293. The number of piperidine rings is 1. The number of rotatable bonds is 7. The molecule has 1 aromatic rings. The van der Waals surface area contributed by atoms with Crippen LogP contribution in [0, 0.1) is 5.92 Å². The van der Waals surface area contributed by atoms with E-state index >= 15 is 0 Å². The maximum atomic E-state index is 5.69. The number of guanidine groups is 1. The Morgan fingerprint density at radius 1 is 1.21 bits per heavy atom. The zero-order valence-electron chi connectivity index (χ0n) is 14.8. The molecule has 0 bridgehead atoms. The fraction of sp³-hybridized carbons (Fsp3) is 0.611. The number of nitrogens with one attached hydrogen (secondary N) is 2. The van der Waals surface area contributed by atoms with E-state index < -0.39 is 0 Å². The van der Waals surface area contributed by atoms with E-state index in [9.17, 15) is 0 Å². The molecule has 6 heteroatoms. The van der Waals surface area contributed by atoms with Gasteiger partial charge in [-0.3, -0.25) is 4.99 Å². The molecule has 0 aromatic heterocycles. The minimum atomic E-state index is 0. The molecule has 2 rings (SSSR count). The zero-order valence-corrected chi connectivity index (χ0v) is 17.2. The summed E-state index contributed by atoms with van der Waals surface area (Å²) in [6.45, 7) is 7.62. The lowest BCUT2D eigenvalue weighted by molar-refractivity contribution is 0.223. The largest absolute Gasteiger partial charge is 0.492 e. The van der Waals surface area contributed by atoms with Crippen molar-refractivity contribution < 1.29 is 4.74 Å². The minimum Gasteiger partial charge on any atom is -0.492 e. The fourth-order valence-electron chi connectivity index (χ4n) is 2.66. The van der Waals surface area contributed by atoms with Crippen LogP contribution in [0.5, 0.6) is 5.75 Å². The minimum absolute atomic E-state index is 0. The van der Waals surface area contributed by atoms with Crippen molar-refractivity contribution in [1.29, 1.82) is 0 Å². The highest BCUT2D eigenvalue weighted by Gasteiger charge is 2.16. The SMILES string of the molecule is CCNC(=NCC1CCN(C)CC1)NCCOc1ccccc1.I. The summed E-state index contributed by atoms with van der Waals surface area (Å²) in [4.78, 5) is 7.12. The summed E-state index contributed by atoms with van der Waals surface area (Å²) >= 11 is 0. The molecule has 1 heterocycles. The van der Waals surface area contributed by atoms with Crippen LogP contribution in [0.15, 0.2) is 35.3 Å². The van der Waals surface area contributed by atoms with Crippen LogP contribution in [-0.2, 0) is 0 Å². The van der Waals surface area contributed by atoms with Crippen LogP contribution in [-0.4, -0.2) is 57.2 Å². The van der Waals surface area contributed by atoms with Crippen molar-refractivity contribution in [3.8, 4) is 5.75 Å². The molecule has 0 saturated carbocycles. The molecule has 0 aliphatic carbocycles. The molecule has 1 aliphatic rings. The van der Waals surface area contributed by atoms with Crippen molar-refractivity contribution in [1.82, 2.24) is 15.5 Å². The number of aliphatic imine (C=N–C) groups is 1. The lowest BCUT2D eigenvalue weighted by Gasteiger charge is -2.28. The van der Waals surface area contributed by atoms with E-state index in [1.807, 2.05) is 30.3 Å². The summed E-state index contributed by atoms with van der Waals surface area (Å²) in [5.74, 6) is 2.51. The van der Waals surface area contributed by atoms with E-state index in [0.29, 0.717) is 12.5 Å². The normalized spacial score (nSPS) is 16.3. The third-order valence-electron chi connectivity index (χ3n) is 4.10. The van der Waals surface area contributed by atoms with Crippen LogP contribution in [0.1, 0.15) is 19.8 Å². The summed E-state index contributed by atoms with van der Waals surface area (Å²) in [5.41, 5.74) is 0. The maximum absolute atomic E-state index is 5.69. The second kappa shape index (κ2) is 12.4. The number of hydrogen-bond donors (Lipinski definition) is 2. The van der Waals surface area contributed by atoms with Gasteiger partial charge in [-0.15, -0.1) is 24.0 Å². The van der Waals surface area contributed by atoms with E-state index in [-0.39, 0.29) is 24.0 Å². The van der Waals surface area contributed by atoms with Gasteiger partial charge >= 0.3 is 0 Å². The first-order valence-electron chi connectivity index (χ1n) is 8.66. The first kappa shape index (κ1) is 21.0. The van der Waals surface area contributed by atoms with Gasteiger partial charge < -0.3 is 20.3 Å². The first-order chi connectivity index (χ1) is 11.3. The number of benzene rings is 1. The van der Waals surface area contributed by atoms with Crippen LogP contribution >= 0.6 is 24.0 Å². The predicted molar refractivity (Wildman–Crippen MR) is 112 cm³/mol. The van der Waals surface area contributed by atoms with Crippen molar-refractivity contribution in [3.63, 3.8) is 0 Å². The molecule has 24 heavy (non-hydrogen) atoms. The van der Waals surface area contributed by atoms with Crippen LogP contribution < -0.4 is 15.4 Å². The summed E-state index contributed by atoms with van der Waals surface area (Å²) < 4.78 is 5.69. The Kier molecular flexibility index (Phi) is 10.8. The summed E-state index contributed by atoms with van der Waals surface area (Å²) in [6.07, 6.45) is 2.49. The van der Waals surface area contributed by atoms with Gasteiger partial charge in [0.1, 0.15) is 12.4 Å². The highest BCUT2D eigenvalue weighted by molar-refractivity contribution is 14.0. The molecule has 0 unspecified atom stereocenters. The number of nitrogens with zero attached hydrogens (tertiary/aromatic N) is 2. The van der Waals surface area contributed by atoms with Crippen molar-refractivity contribution in [2.45, 2.75) is 19.8 Å². The number of para-hydroxylation sites is 1. The predicted octanol–water partition coefficient (Wildman–Crippen LogP) is 2.58. The molecule has 0 atom stereocenters. The number of likely N-dealkylation sites (tertiary alicyclic amines) is 1. The molecule has 0 amide bonds. The van der Waals surface area contributed by atoms with E-state index in [2.05, 4.69) is 29.5 Å². The molecule has 1 fully saturated rings. The van der Waals surface area contributed by atoms with Crippen molar-refractivity contribution in [2.75, 3.05) is 46.4 Å². The van der Waals surface area contributed by atoms with Gasteiger partial charge in [0.15, 0.2) is 5.96 Å². The third-order valence-corrected chi connectivity index (χ3v) is 4.10. The number of ether oxygens (including phenoxy) is 1. The topological polar surface area (TPSA) is 48.9 Å². The fourth-order valence-corrected chi connectivity index (χ4v) is 2.66. The lowest BCUT2D eigenvalue weighted by Crippen LogP contribution is -2.40. The smallest absolute Gasteiger partial charge is 0.191 e. The van der Waals surface area contributed by atoms with Crippen LogP contribution in [0.4, 0.5) is 0 Å². The Morgan fingerprint density at radius 3 is 2.58 bits per heavy atom. The summed E-state index contributed by atoms with van der Waals surface area (Å²) in [6, 6.07) is 9.90. The molecule has 0 radical (unpaired) electrons. The molecule has 1 saturated heterocycles. The van der Waals surface area contributed by atoms with Gasteiger partial charge in [-0.2, -0.15) is 0 Å². The Labute approximate surface area is 163 Å². The molecule has 136 valence electrons. The van der Waals surface area contributed by atoms with Crippen LogP contribution in [0.25, 0.3) is 0 Å². The highest BCUT2D eigenvalue weighted by Crippen LogP contribution is 2.15. The average Bonchev–Trinajstić information content (AvgIpc) is 2.59. The van der Waals surface area contributed by atoms with Crippen molar-refractivity contribution >= 4 is 29.9 Å². The monoisotopic (exact) mass is 446 g/mol. The van der Waals surface area contributed by atoms with E-state index in [1.165, 1.54) is 25.9 Å². The van der Waals surface area contributed by atoms with E-state index in [0.717, 1.165) is 31.3 Å². The Balaban J connectivity index is 0.00000288. The molecule has 1 aliphatic heterocycles. The maximum Gasteiger partial charge on any atom is 0.191 e. The van der Waals surface area contributed by atoms with Gasteiger partial charge in [-0.1, -0.05) is 18.2 Å². The Bertz CT molecular complexity index is 461. The van der Waals surface area contributed by atoms with Crippen LogP contribution in [0.2, 0.25) is 0 Å². The molecule has 0 spiro atoms. The first-order valence-corrected chi connectivity index (χ1v) is 8.66. The molecular formula is C18H31IN4O. The molecule has 2 N–H and O–H groups in total. The van der Waals surface area contributed by atoms with Gasteiger partial charge in [-0.05, 0) is 58.0 Å². The molecular weight excluding hydrogens is 415 g/mol. The van der Waals surface area contributed by atoms with Gasteiger partial charge in [0.05, 0.1) is 6.54 Å². The Hall–Kier alpha value is -1.02. The average molecular weight is 446 g/mol.